The molecule has 1 atom stereocenters. The van der Waals surface area contributed by atoms with Crippen molar-refractivity contribution in [3.05, 3.63) is 99.5 Å². The van der Waals surface area contributed by atoms with Gasteiger partial charge in [-0.15, -0.1) is 0 Å². The highest BCUT2D eigenvalue weighted by atomic mass is 35.5. The van der Waals surface area contributed by atoms with Crippen LogP contribution in [0.3, 0.4) is 0 Å². The molecule has 1 N–H and O–H groups in total. The van der Waals surface area contributed by atoms with Gasteiger partial charge in [-0.05, 0) is 55.3 Å². The van der Waals surface area contributed by atoms with Gasteiger partial charge in [0, 0.05) is 24.0 Å². The maximum atomic E-state index is 14.0. The fraction of sp³-hybridized carbons (Fsp3) is 0.310. The summed E-state index contributed by atoms with van der Waals surface area (Å²) in [5.74, 6) is -1.32. The second-order valence-corrected chi connectivity index (χ2v) is 12.7. The third kappa shape index (κ3) is 9.11. The number of hydrogen-bond donors (Lipinski definition) is 1. The minimum absolute atomic E-state index is 0.0852. The average Bonchev–Trinajstić information content (AvgIpc) is 2.89. The van der Waals surface area contributed by atoms with E-state index < -0.39 is 51.9 Å². The van der Waals surface area contributed by atoms with Crippen molar-refractivity contribution in [1.82, 2.24) is 10.2 Å². The Morgan fingerprint density at radius 3 is 2.10 bits per heavy atom. The molecule has 13 heteroatoms. The highest BCUT2D eigenvalue weighted by molar-refractivity contribution is 7.92. The van der Waals surface area contributed by atoms with Crippen molar-refractivity contribution in [3.63, 3.8) is 0 Å². The smallest absolute Gasteiger partial charge is 0.352 e. The first-order valence-corrected chi connectivity index (χ1v) is 15.4. The van der Waals surface area contributed by atoms with Crippen LogP contribution in [0, 0.1) is 0 Å². The average molecular weight is 645 g/mol. The van der Waals surface area contributed by atoms with Crippen LogP contribution in [0.5, 0.6) is 0 Å². The van der Waals surface area contributed by atoms with Crippen LogP contribution in [0.4, 0.5) is 18.9 Å². The highest BCUT2D eigenvalue weighted by Crippen LogP contribution is 2.36. The molecule has 3 aromatic carbocycles. The van der Waals surface area contributed by atoms with Crippen LogP contribution in [0.1, 0.15) is 30.5 Å². The molecule has 0 aromatic heterocycles. The van der Waals surface area contributed by atoms with Gasteiger partial charge in [0.15, 0.2) is 0 Å². The molecule has 7 nitrogen and oxygen atoms in total. The van der Waals surface area contributed by atoms with Gasteiger partial charge in [0.1, 0.15) is 12.6 Å². The molecular formula is C29H30Cl2F3N3O4S. The Morgan fingerprint density at radius 2 is 1.55 bits per heavy atom. The maximum Gasteiger partial charge on any atom is 0.416 e. The monoisotopic (exact) mass is 643 g/mol. The minimum atomic E-state index is -4.79. The molecule has 0 fully saturated rings. The summed E-state index contributed by atoms with van der Waals surface area (Å²) in [4.78, 5) is 28.7. The number of amides is 2. The predicted octanol–water partition coefficient (Wildman–Crippen LogP) is 5.94. The molecule has 2 amide bonds. The number of halogens is 5. The summed E-state index contributed by atoms with van der Waals surface area (Å²) in [6, 6.07) is 16.3. The summed E-state index contributed by atoms with van der Waals surface area (Å²) < 4.78 is 66.7. The van der Waals surface area contributed by atoms with Gasteiger partial charge in [-0.25, -0.2) is 8.42 Å². The minimum Gasteiger partial charge on any atom is -0.352 e. The largest absolute Gasteiger partial charge is 0.416 e. The van der Waals surface area contributed by atoms with Crippen molar-refractivity contribution in [2.45, 2.75) is 45.1 Å². The zero-order chi connectivity index (χ0) is 31.2. The van der Waals surface area contributed by atoms with Crippen LogP contribution < -0.4 is 9.62 Å². The van der Waals surface area contributed by atoms with Crippen LogP contribution in [-0.4, -0.2) is 50.0 Å². The number of anilines is 1. The van der Waals surface area contributed by atoms with Gasteiger partial charge in [0.05, 0.1) is 22.5 Å². The van der Waals surface area contributed by atoms with E-state index in [0.29, 0.717) is 27.0 Å². The molecule has 0 aliphatic rings. The molecule has 0 aliphatic heterocycles. The first kappa shape index (κ1) is 33.2. The standard InChI is InChI=1S/C29H30Cl2F3N3O4S/c1-19(2)35-28(39)26(15-20-7-5-4-6-8-20)36(17-21-9-12-23(30)13-10-21)27(38)18-37(42(3,40)41)25-16-22(29(32,33)34)11-14-24(25)31/h4-14,16,19,26H,15,17-18H2,1-3H3,(H,35,39)/t26-/m1/s1. The van der Waals surface area contributed by atoms with Crippen LogP contribution in [0.15, 0.2) is 72.8 Å². The van der Waals surface area contributed by atoms with Gasteiger partial charge >= 0.3 is 6.18 Å². The lowest BCUT2D eigenvalue weighted by molar-refractivity contribution is -0.140. The first-order valence-electron chi connectivity index (χ1n) is 12.8. The number of benzene rings is 3. The molecule has 226 valence electrons. The van der Waals surface area contributed by atoms with Crippen molar-refractivity contribution >= 4 is 50.7 Å². The van der Waals surface area contributed by atoms with Crippen molar-refractivity contribution in [2.75, 3.05) is 17.1 Å². The molecule has 0 radical (unpaired) electrons. The quantitative estimate of drug-likeness (QED) is 0.280. The number of carbonyl (C=O) groups excluding carboxylic acids is 2. The zero-order valence-corrected chi connectivity index (χ0v) is 25.4. The summed E-state index contributed by atoms with van der Waals surface area (Å²) in [7, 11) is -4.32. The molecule has 42 heavy (non-hydrogen) atoms. The molecule has 0 bridgehead atoms. The van der Waals surface area contributed by atoms with E-state index in [-0.39, 0.29) is 24.0 Å². The van der Waals surface area contributed by atoms with Crippen LogP contribution in [-0.2, 0) is 38.8 Å². The number of alkyl halides is 3. The van der Waals surface area contributed by atoms with Gasteiger partial charge in [-0.1, -0.05) is 65.7 Å². The topological polar surface area (TPSA) is 86.8 Å². The lowest BCUT2D eigenvalue weighted by atomic mass is 10.0. The van der Waals surface area contributed by atoms with Gasteiger partial charge in [-0.3, -0.25) is 13.9 Å². The summed E-state index contributed by atoms with van der Waals surface area (Å²) in [5.41, 5.74) is -0.332. The summed E-state index contributed by atoms with van der Waals surface area (Å²) in [6.07, 6.45) is -3.95. The molecule has 0 saturated carbocycles. The number of rotatable bonds is 11. The normalized spacial score (nSPS) is 12.6. The lowest BCUT2D eigenvalue weighted by Gasteiger charge is -2.34. The van der Waals surface area contributed by atoms with Crippen molar-refractivity contribution in [2.24, 2.45) is 0 Å². The van der Waals surface area contributed by atoms with Crippen LogP contribution >= 0.6 is 23.2 Å². The SMILES string of the molecule is CC(C)NC(=O)[C@@H](Cc1ccccc1)N(Cc1ccc(Cl)cc1)C(=O)CN(c1cc(C(F)(F)F)ccc1Cl)S(C)(=O)=O. The fourth-order valence-corrected chi connectivity index (χ4v) is 5.45. The van der Waals surface area contributed by atoms with E-state index in [1.54, 1.807) is 68.4 Å². The van der Waals surface area contributed by atoms with E-state index in [4.69, 9.17) is 23.2 Å². The number of hydrogen-bond acceptors (Lipinski definition) is 4. The Bertz CT molecular complexity index is 1500. The Balaban J connectivity index is 2.11. The number of carbonyl (C=O) groups is 2. The summed E-state index contributed by atoms with van der Waals surface area (Å²) in [5, 5.41) is 2.95. The number of nitrogens with zero attached hydrogens (tertiary/aromatic N) is 2. The molecule has 0 saturated heterocycles. The molecular weight excluding hydrogens is 614 g/mol. The molecule has 0 spiro atoms. The third-order valence-corrected chi connectivity index (χ3v) is 7.89. The Kier molecular flexibility index (Phi) is 10.9. The van der Waals surface area contributed by atoms with E-state index in [2.05, 4.69) is 5.32 Å². The Hall–Kier alpha value is -3.28. The third-order valence-electron chi connectivity index (χ3n) is 6.19. The highest BCUT2D eigenvalue weighted by Gasteiger charge is 2.36. The van der Waals surface area contributed by atoms with E-state index in [9.17, 15) is 31.2 Å². The van der Waals surface area contributed by atoms with E-state index in [1.807, 2.05) is 0 Å². The number of nitrogens with one attached hydrogen (secondary N) is 1. The van der Waals surface area contributed by atoms with Gasteiger partial charge < -0.3 is 10.2 Å². The molecule has 0 aliphatic carbocycles. The molecule has 3 rings (SSSR count). The molecule has 0 unspecified atom stereocenters. The van der Waals surface area contributed by atoms with Crippen molar-refractivity contribution in [3.8, 4) is 0 Å². The van der Waals surface area contributed by atoms with E-state index in [0.717, 1.165) is 17.9 Å². The van der Waals surface area contributed by atoms with Gasteiger partial charge in [-0.2, -0.15) is 13.2 Å². The van der Waals surface area contributed by atoms with Crippen molar-refractivity contribution < 1.29 is 31.2 Å². The molecule has 3 aromatic rings. The van der Waals surface area contributed by atoms with Crippen molar-refractivity contribution in [1.29, 1.82) is 0 Å². The van der Waals surface area contributed by atoms with Gasteiger partial charge in [0.25, 0.3) is 0 Å². The van der Waals surface area contributed by atoms with E-state index in [1.165, 1.54) is 4.90 Å². The van der Waals surface area contributed by atoms with Crippen LogP contribution in [0.2, 0.25) is 10.0 Å². The Morgan fingerprint density at radius 1 is 0.929 bits per heavy atom. The second kappa shape index (κ2) is 13.8. The zero-order valence-electron chi connectivity index (χ0n) is 23.0. The maximum absolute atomic E-state index is 14.0. The number of sulfonamides is 1. The second-order valence-electron chi connectivity index (χ2n) is 9.95. The van der Waals surface area contributed by atoms with E-state index >= 15 is 0 Å². The summed E-state index contributed by atoms with van der Waals surface area (Å²) >= 11 is 12.2. The lowest BCUT2D eigenvalue weighted by Crippen LogP contribution is -2.54. The van der Waals surface area contributed by atoms with Crippen LogP contribution in [0.25, 0.3) is 0 Å². The summed E-state index contributed by atoms with van der Waals surface area (Å²) in [6.45, 7) is 2.48. The fourth-order valence-electron chi connectivity index (χ4n) is 4.20. The molecule has 0 heterocycles. The predicted molar refractivity (Wildman–Crippen MR) is 158 cm³/mol. The van der Waals surface area contributed by atoms with Gasteiger partial charge in [0.2, 0.25) is 21.8 Å². The first-order chi connectivity index (χ1) is 19.6. The Labute approximate surface area is 253 Å².